The topological polar surface area (TPSA) is 76.1 Å². The second kappa shape index (κ2) is 7.03. The summed E-state index contributed by atoms with van der Waals surface area (Å²) in [5.41, 5.74) is 3.72. The van der Waals surface area contributed by atoms with Crippen LogP contribution in [-0.4, -0.2) is 30.7 Å². The van der Waals surface area contributed by atoms with Gasteiger partial charge in [0, 0.05) is 18.0 Å². The van der Waals surface area contributed by atoms with Gasteiger partial charge < -0.3 is 14.6 Å². The van der Waals surface area contributed by atoms with Gasteiger partial charge in [0.25, 0.3) is 0 Å². The van der Waals surface area contributed by atoms with Crippen molar-refractivity contribution in [2.24, 2.45) is 0 Å². The lowest BCUT2D eigenvalue weighted by Crippen LogP contribution is -2.37. The van der Waals surface area contributed by atoms with E-state index < -0.39 is 11.9 Å². The van der Waals surface area contributed by atoms with Crippen LogP contribution in [0.1, 0.15) is 30.4 Å². The number of phenols is 1. The molecule has 1 N–H and O–H groups in total. The van der Waals surface area contributed by atoms with Crippen LogP contribution in [0.5, 0.6) is 11.5 Å². The molecule has 2 aliphatic rings. The Kier molecular flexibility index (Phi) is 4.55. The van der Waals surface area contributed by atoms with E-state index >= 15 is 0 Å². The Morgan fingerprint density at radius 1 is 1.18 bits per heavy atom. The fourth-order valence-corrected chi connectivity index (χ4v) is 3.83. The molecule has 2 heterocycles. The highest BCUT2D eigenvalue weighted by atomic mass is 16.5. The van der Waals surface area contributed by atoms with Gasteiger partial charge in [-0.3, -0.25) is 9.69 Å². The van der Waals surface area contributed by atoms with Crippen molar-refractivity contribution >= 4 is 17.6 Å². The second-order valence-electron chi connectivity index (χ2n) is 6.87. The summed E-state index contributed by atoms with van der Waals surface area (Å²) in [7, 11) is 1.46. The first-order chi connectivity index (χ1) is 13.5. The minimum atomic E-state index is -0.432. The highest BCUT2D eigenvalue weighted by Gasteiger charge is 2.43. The summed E-state index contributed by atoms with van der Waals surface area (Å²) in [6, 6.07) is 12.6. The molecule has 2 aromatic carbocycles. The van der Waals surface area contributed by atoms with Crippen molar-refractivity contribution in [2.45, 2.75) is 25.7 Å². The van der Waals surface area contributed by atoms with Crippen LogP contribution in [0.3, 0.4) is 0 Å². The van der Waals surface area contributed by atoms with Gasteiger partial charge in [0.2, 0.25) is 5.91 Å². The molecule has 144 valence electrons. The van der Waals surface area contributed by atoms with Gasteiger partial charge in [-0.25, -0.2) is 4.79 Å². The number of benzene rings is 2. The van der Waals surface area contributed by atoms with E-state index in [1.165, 1.54) is 18.7 Å². The van der Waals surface area contributed by atoms with Crippen molar-refractivity contribution in [3.05, 3.63) is 64.9 Å². The number of aryl methyl sites for hydroxylation is 1. The molecule has 6 nitrogen and oxygen atoms in total. The van der Waals surface area contributed by atoms with E-state index in [2.05, 4.69) is 6.92 Å². The molecule has 1 atom stereocenters. The van der Waals surface area contributed by atoms with Gasteiger partial charge in [0.1, 0.15) is 6.61 Å². The van der Waals surface area contributed by atoms with Gasteiger partial charge in [0.15, 0.2) is 11.5 Å². The van der Waals surface area contributed by atoms with E-state index in [1.807, 2.05) is 24.3 Å². The van der Waals surface area contributed by atoms with Gasteiger partial charge >= 0.3 is 5.97 Å². The molecule has 2 aliphatic heterocycles. The summed E-state index contributed by atoms with van der Waals surface area (Å²) in [4.78, 5) is 27.1. The number of cyclic esters (lactones) is 1. The molecule has 0 aromatic heterocycles. The highest BCUT2D eigenvalue weighted by molar-refractivity contribution is 6.06. The molecule has 6 heteroatoms. The number of hydrogen-bond acceptors (Lipinski definition) is 5. The molecule has 28 heavy (non-hydrogen) atoms. The molecule has 0 saturated heterocycles. The van der Waals surface area contributed by atoms with E-state index in [1.54, 1.807) is 17.0 Å². The SMILES string of the molecule is CCc1ccc(N2C(=O)CC(c3ccc(O)c(OC)c3)C3=C2COC3=O)cc1. The average Bonchev–Trinajstić information content (AvgIpc) is 3.09. The van der Waals surface area contributed by atoms with Crippen LogP contribution in [-0.2, 0) is 20.7 Å². The molecule has 1 unspecified atom stereocenters. The zero-order valence-electron chi connectivity index (χ0n) is 15.8. The molecular weight excluding hydrogens is 358 g/mol. The van der Waals surface area contributed by atoms with Crippen LogP contribution >= 0.6 is 0 Å². The standard InChI is InChI=1S/C22H21NO5/c1-3-13-4-7-15(8-5-13)23-17-12-28-22(26)21(17)16(11-20(23)25)14-6-9-18(24)19(10-14)27-2/h4-10,16,24H,3,11-12H2,1-2H3. The number of phenolic OH excluding ortho intramolecular Hbond substituents is 1. The van der Waals surface area contributed by atoms with E-state index in [0.717, 1.165) is 17.7 Å². The summed E-state index contributed by atoms with van der Waals surface area (Å²) in [5, 5.41) is 9.85. The van der Waals surface area contributed by atoms with E-state index in [0.29, 0.717) is 17.0 Å². The summed E-state index contributed by atoms with van der Waals surface area (Å²) in [6.45, 7) is 2.14. The van der Waals surface area contributed by atoms with Crippen LogP contribution in [0, 0.1) is 0 Å². The molecule has 0 aliphatic carbocycles. The van der Waals surface area contributed by atoms with Crippen LogP contribution in [0.2, 0.25) is 0 Å². The lowest BCUT2D eigenvalue weighted by atomic mass is 9.84. The molecule has 0 fully saturated rings. The maximum Gasteiger partial charge on any atom is 0.336 e. The van der Waals surface area contributed by atoms with Crippen molar-refractivity contribution in [3.63, 3.8) is 0 Å². The number of rotatable bonds is 4. The third kappa shape index (κ3) is 2.91. The second-order valence-corrected chi connectivity index (χ2v) is 6.87. The number of anilines is 1. The Labute approximate surface area is 163 Å². The predicted molar refractivity (Wildman–Crippen MR) is 103 cm³/mol. The summed E-state index contributed by atoms with van der Waals surface area (Å²) < 4.78 is 10.5. The Hall–Kier alpha value is -3.28. The average molecular weight is 379 g/mol. The first-order valence-corrected chi connectivity index (χ1v) is 9.22. The fourth-order valence-electron chi connectivity index (χ4n) is 3.83. The van der Waals surface area contributed by atoms with Crippen LogP contribution < -0.4 is 9.64 Å². The third-order valence-corrected chi connectivity index (χ3v) is 5.33. The fraction of sp³-hybridized carbons (Fsp3) is 0.273. The third-order valence-electron chi connectivity index (χ3n) is 5.33. The Bertz CT molecular complexity index is 977. The van der Waals surface area contributed by atoms with Gasteiger partial charge in [0.05, 0.1) is 18.4 Å². The van der Waals surface area contributed by atoms with Gasteiger partial charge in [-0.2, -0.15) is 0 Å². The monoisotopic (exact) mass is 379 g/mol. The van der Waals surface area contributed by atoms with Gasteiger partial charge in [-0.05, 0) is 41.8 Å². The number of nitrogens with zero attached hydrogens (tertiary/aromatic N) is 1. The summed E-state index contributed by atoms with van der Waals surface area (Å²) >= 11 is 0. The van der Waals surface area contributed by atoms with Crippen molar-refractivity contribution in [1.29, 1.82) is 0 Å². The molecule has 0 saturated carbocycles. The quantitative estimate of drug-likeness (QED) is 0.825. The number of hydrogen-bond donors (Lipinski definition) is 1. The molecule has 4 rings (SSSR count). The first-order valence-electron chi connectivity index (χ1n) is 9.22. The number of carbonyl (C=O) groups excluding carboxylic acids is 2. The molecule has 0 spiro atoms. The van der Waals surface area contributed by atoms with E-state index in [9.17, 15) is 14.7 Å². The number of ether oxygens (including phenoxy) is 2. The van der Waals surface area contributed by atoms with Crippen molar-refractivity contribution < 1.29 is 24.2 Å². The van der Waals surface area contributed by atoms with Gasteiger partial charge in [-0.1, -0.05) is 25.1 Å². The minimum Gasteiger partial charge on any atom is -0.504 e. The first kappa shape index (κ1) is 18.1. The van der Waals surface area contributed by atoms with Crippen molar-refractivity contribution in [1.82, 2.24) is 0 Å². The predicted octanol–water partition coefficient (Wildman–Crippen LogP) is 3.29. The molecule has 0 bridgehead atoms. The summed E-state index contributed by atoms with van der Waals surface area (Å²) in [6.07, 6.45) is 1.05. The van der Waals surface area contributed by atoms with E-state index in [4.69, 9.17) is 9.47 Å². The zero-order chi connectivity index (χ0) is 19.8. The molecule has 1 amide bonds. The smallest absolute Gasteiger partial charge is 0.336 e. The van der Waals surface area contributed by atoms with Crippen LogP contribution in [0.25, 0.3) is 0 Å². The maximum absolute atomic E-state index is 13.0. The maximum atomic E-state index is 13.0. The Morgan fingerprint density at radius 2 is 1.93 bits per heavy atom. The Balaban J connectivity index is 1.79. The lowest BCUT2D eigenvalue weighted by molar-refractivity contribution is -0.136. The molecular formula is C22H21NO5. The van der Waals surface area contributed by atoms with Crippen molar-refractivity contribution in [2.75, 3.05) is 18.6 Å². The number of esters is 1. The van der Waals surface area contributed by atoms with Gasteiger partial charge in [-0.15, -0.1) is 0 Å². The summed E-state index contributed by atoms with van der Waals surface area (Å²) in [5.74, 6) is -0.628. The lowest BCUT2D eigenvalue weighted by Gasteiger charge is -2.32. The largest absolute Gasteiger partial charge is 0.504 e. The normalized spacial score (nSPS) is 18.9. The van der Waals surface area contributed by atoms with Crippen LogP contribution in [0.15, 0.2) is 53.7 Å². The Morgan fingerprint density at radius 3 is 2.61 bits per heavy atom. The molecule has 2 aromatic rings. The number of methoxy groups -OCH3 is 1. The number of aromatic hydroxyl groups is 1. The number of carbonyl (C=O) groups is 2. The molecule has 0 radical (unpaired) electrons. The zero-order valence-corrected chi connectivity index (χ0v) is 15.8. The minimum absolute atomic E-state index is 0.00854. The van der Waals surface area contributed by atoms with E-state index in [-0.39, 0.29) is 24.7 Å². The van der Waals surface area contributed by atoms with Crippen molar-refractivity contribution in [3.8, 4) is 11.5 Å². The van der Waals surface area contributed by atoms with Crippen LogP contribution in [0.4, 0.5) is 5.69 Å². The number of amides is 1. The highest BCUT2D eigenvalue weighted by Crippen LogP contribution is 2.43.